The number of halogens is 1. The summed E-state index contributed by atoms with van der Waals surface area (Å²) in [7, 11) is 0. The van der Waals surface area contributed by atoms with Crippen molar-refractivity contribution in [2.45, 2.75) is 5.92 Å². The minimum absolute atomic E-state index is 0.317. The monoisotopic (exact) mass is 239 g/mol. The number of hydrogen-bond donors (Lipinski definition) is 2. The van der Waals surface area contributed by atoms with E-state index in [1.807, 2.05) is 0 Å². The first-order valence-corrected chi connectivity index (χ1v) is 5.23. The fourth-order valence-corrected chi connectivity index (χ4v) is 2.05. The molecule has 5 heteroatoms. The van der Waals surface area contributed by atoms with E-state index in [4.69, 9.17) is 16.7 Å². The molecule has 0 spiro atoms. The van der Waals surface area contributed by atoms with Crippen LogP contribution in [-0.4, -0.2) is 23.5 Å². The van der Waals surface area contributed by atoms with Crippen molar-refractivity contribution in [1.29, 1.82) is 0 Å². The highest BCUT2D eigenvalue weighted by Crippen LogP contribution is 2.29. The van der Waals surface area contributed by atoms with E-state index in [-0.39, 0.29) is 5.92 Å². The van der Waals surface area contributed by atoms with E-state index < -0.39 is 17.8 Å². The summed E-state index contributed by atoms with van der Waals surface area (Å²) in [6, 6.07) is 6.89. The van der Waals surface area contributed by atoms with Gasteiger partial charge in [-0.15, -0.1) is 0 Å². The number of nitrogens with one attached hydrogen (secondary N) is 1. The lowest BCUT2D eigenvalue weighted by Crippen LogP contribution is -2.26. The van der Waals surface area contributed by atoms with Crippen LogP contribution in [0.15, 0.2) is 24.3 Å². The maximum atomic E-state index is 11.3. The zero-order chi connectivity index (χ0) is 11.7. The summed E-state index contributed by atoms with van der Waals surface area (Å²) in [6.07, 6.45) is 0. The third-order valence-electron chi connectivity index (χ3n) is 2.75. The molecule has 1 aliphatic rings. The van der Waals surface area contributed by atoms with Crippen LogP contribution >= 0.6 is 11.6 Å². The maximum absolute atomic E-state index is 11.3. The molecule has 1 aromatic rings. The van der Waals surface area contributed by atoms with E-state index in [0.29, 0.717) is 11.6 Å². The van der Waals surface area contributed by atoms with E-state index in [1.54, 1.807) is 24.3 Å². The summed E-state index contributed by atoms with van der Waals surface area (Å²) in [5, 5.41) is 12.1. The lowest BCUT2D eigenvalue weighted by molar-refractivity contribution is -0.145. The topological polar surface area (TPSA) is 66.4 Å². The van der Waals surface area contributed by atoms with Crippen molar-refractivity contribution in [3.05, 3.63) is 34.9 Å². The molecule has 4 nitrogen and oxygen atoms in total. The Hall–Kier alpha value is -1.55. The fraction of sp³-hybridized carbons (Fsp3) is 0.273. The molecule has 2 N–H and O–H groups in total. The molecule has 0 bridgehead atoms. The van der Waals surface area contributed by atoms with Crippen molar-refractivity contribution in [2.24, 2.45) is 5.92 Å². The second-order valence-electron chi connectivity index (χ2n) is 3.72. The van der Waals surface area contributed by atoms with E-state index in [9.17, 15) is 9.59 Å². The summed E-state index contributed by atoms with van der Waals surface area (Å²) in [5.41, 5.74) is 0.815. The molecule has 0 aromatic heterocycles. The fourth-order valence-electron chi connectivity index (χ4n) is 1.93. The summed E-state index contributed by atoms with van der Waals surface area (Å²) < 4.78 is 0. The summed E-state index contributed by atoms with van der Waals surface area (Å²) in [5.74, 6) is -2.83. The molecule has 1 amide bonds. The highest BCUT2D eigenvalue weighted by atomic mass is 35.5. The van der Waals surface area contributed by atoms with Gasteiger partial charge in [-0.05, 0) is 17.7 Å². The van der Waals surface area contributed by atoms with Gasteiger partial charge in [-0.25, -0.2) is 0 Å². The highest BCUT2D eigenvalue weighted by molar-refractivity contribution is 6.30. The molecule has 1 heterocycles. The highest BCUT2D eigenvalue weighted by Gasteiger charge is 2.40. The molecule has 1 aliphatic heterocycles. The summed E-state index contributed by atoms with van der Waals surface area (Å²) in [6.45, 7) is 0.359. The Labute approximate surface area is 97.2 Å². The van der Waals surface area contributed by atoms with Gasteiger partial charge in [0.2, 0.25) is 5.91 Å². The molecule has 2 atom stereocenters. The smallest absolute Gasteiger partial charge is 0.316 e. The molecule has 0 unspecified atom stereocenters. The molecule has 1 saturated heterocycles. The van der Waals surface area contributed by atoms with Gasteiger partial charge in [-0.2, -0.15) is 0 Å². The Morgan fingerprint density at radius 1 is 1.38 bits per heavy atom. The lowest BCUT2D eigenvalue weighted by Gasteiger charge is -2.13. The first-order valence-electron chi connectivity index (χ1n) is 4.85. The summed E-state index contributed by atoms with van der Waals surface area (Å²) in [4.78, 5) is 22.3. The van der Waals surface area contributed by atoms with Crippen LogP contribution in [0.1, 0.15) is 11.5 Å². The van der Waals surface area contributed by atoms with Gasteiger partial charge in [-0.1, -0.05) is 23.7 Å². The second kappa shape index (κ2) is 4.14. The van der Waals surface area contributed by atoms with Crippen molar-refractivity contribution in [3.63, 3.8) is 0 Å². The molecule has 1 aromatic carbocycles. The van der Waals surface area contributed by atoms with Crippen molar-refractivity contribution in [2.75, 3.05) is 6.54 Å². The van der Waals surface area contributed by atoms with Crippen molar-refractivity contribution < 1.29 is 14.7 Å². The zero-order valence-electron chi connectivity index (χ0n) is 8.31. The lowest BCUT2D eigenvalue weighted by atomic mass is 9.89. The van der Waals surface area contributed by atoms with E-state index in [0.717, 1.165) is 5.56 Å². The van der Waals surface area contributed by atoms with E-state index in [2.05, 4.69) is 5.32 Å². The van der Waals surface area contributed by atoms with Gasteiger partial charge in [0, 0.05) is 17.5 Å². The van der Waals surface area contributed by atoms with Crippen LogP contribution in [0.2, 0.25) is 5.02 Å². The normalized spacial score (nSPS) is 24.2. The van der Waals surface area contributed by atoms with Crippen LogP contribution < -0.4 is 5.32 Å². The standard InChI is InChI=1S/C11H10ClNO3/c12-7-3-1-6(2-4-7)8-5-13-10(14)9(8)11(15)16/h1-4,8-9H,5H2,(H,13,14)(H,15,16)/t8-,9+/m0/s1. The maximum Gasteiger partial charge on any atom is 0.316 e. The van der Waals surface area contributed by atoms with Gasteiger partial charge >= 0.3 is 5.97 Å². The molecule has 16 heavy (non-hydrogen) atoms. The van der Waals surface area contributed by atoms with E-state index >= 15 is 0 Å². The Balaban J connectivity index is 2.30. The predicted molar refractivity (Wildman–Crippen MR) is 58.3 cm³/mol. The average molecular weight is 240 g/mol. The molecule has 2 rings (SSSR count). The van der Waals surface area contributed by atoms with Gasteiger partial charge in [-0.3, -0.25) is 9.59 Å². The van der Waals surface area contributed by atoms with Gasteiger partial charge in [0.1, 0.15) is 5.92 Å². The first-order chi connectivity index (χ1) is 7.59. The van der Waals surface area contributed by atoms with Crippen LogP contribution in [0.3, 0.4) is 0 Å². The van der Waals surface area contributed by atoms with Crippen molar-refractivity contribution in [1.82, 2.24) is 5.32 Å². The van der Waals surface area contributed by atoms with Gasteiger partial charge in [0.05, 0.1) is 0 Å². The molecule has 0 aliphatic carbocycles. The number of hydrogen-bond acceptors (Lipinski definition) is 2. The molecule has 1 fully saturated rings. The number of carboxylic acids is 1. The number of carbonyl (C=O) groups is 2. The van der Waals surface area contributed by atoms with Crippen LogP contribution in [0.4, 0.5) is 0 Å². The van der Waals surface area contributed by atoms with Crippen LogP contribution in [0.25, 0.3) is 0 Å². The first kappa shape index (κ1) is 11.0. The molecule has 0 radical (unpaired) electrons. The predicted octanol–water partition coefficient (Wildman–Crippen LogP) is 1.25. The number of carbonyl (C=O) groups excluding carboxylic acids is 1. The minimum atomic E-state index is -1.09. The number of benzene rings is 1. The third kappa shape index (κ3) is 1.88. The van der Waals surface area contributed by atoms with Crippen LogP contribution in [0, 0.1) is 5.92 Å². The Morgan fingerprint density at radius 3 is 2.56 bits per heavy atom. The number of carboxylic acid groups (broad SMARTS) is 1. The number of amides is 1. The average Bonchev–Trinajstić information content (AvgIpc) is 2.61. The number of aliphatic carboxylic acids is 1. The molecule has 0 saturated carbocycles. The van der Waals surface area contributed by atoms with Crippen LogP contribution in [-0.2, 0) is 9.59 Å². The van der Waals surface area contributed by atoms with Crippen molar-refractivity contribution in [3.8, 4) is 0 Å². The Morgan fingerprint density at radius 2 is 2.00 bits per heavy atom. The second-order valence-corrected chi connectivity index (χ2v) is 4.16. The quantitative estimate of drug-likeness (QED) is 0.764. The Bertz CT molecular complexity index is 429. The zero-order valence-corrected chi connectivity index (χ0v) is 9.07. The van der Waals surface area contributed by atoms with Gasteiger partial charge in [0.15, 0.2) is 0 Å². The Kier molecular flexibility index (Phi) is 2.83. The largest absolute Gasteiger partial charge is 0.481 e. The van der Waals surface area contributed by atoms with Gasteiger partial charge < -0.3 is 10.4 Å². The van der Waals surface area contributed by atoms with Crippen molar-refractivity contribution >= 4 is 23.5 Å². The summed E-state index contributed by atoms with van der Waals surface area (Å²) >= 11 is 5.75. The van der Waals surface area contributed by atoms with Gasteiger partial charge in [0.25, 0.3) is 0 Å². The third-order valence-corrected chi connectivity index (χ3v) is 3.00. The minimum Gasteiger partial charge on any atom is -0.481 e. The van der Waals surface area contributed by atoms with Crippen LogP contribution in [0.5, 0.6) is 0 Å². The molecule has 84 valence electrons. The number of rotatable bonds is 2. The molecular formula is C11H10ClNO3. The molecular weight excluding hydrogens is 230 g/mol. The van der Waals surface area contributed by atoms with E-state index in [1.165, 1.54) is 0 Å². The SMILES string of the molecule is O=C(O)[C@H]1C(=O)NC[C@H]1c1ccc(Cl)cc1.